The van der Waals surface area contributed by atoms with Gasteiger partial charge in [-0.05, 0) is 61.7 Å². The molecule has 1 atom stereocenters. The number of carbonyl (C=O) groups excluding carboxylic acids is 1. The average Bonchev–Trinajstić information content (AvgIpc) is 2.35. The summed E-state index contributed by atoms with van der Waals surface area (Å²) in [6.45, 7) is 0. The van der Waals surface area contributed by atoms with E-state index in [4.69, 9.17) is 10.6 Å². The van der Waals surface area contributed by atoms with Crippen LogP contribution in [0, 0.1) is 29.6 Å². The van der Waals surface area contributed by atoms with Crippen molar-refractivity contribution in [3.05, 3.63) is 0 Å². The number of hydroxylamine groups is 2. The predicted molar refractivity (Wildman–Crippen MR) is 68.3 cm³/mol. The second-order valence-electron chi connectivity index (χ2n) is 6.55. The highest BCUT2D eigenvalue weighted by molar-refractivity contribution is 5.80. The van der Waals surface area contributed by atoms with Crippen LogP contribution >= 0.6 is 0 Å². The van der Waals surface area contributed by atoms with Crippen LogP contribution in [0.4, 0.5) is 0 Å². The Kier molecular flexibility index (Phi) is 3.10. The molecule has 1 unspecified atom stereocenters. The van der Waals surface area contributed by atoms with Crippen LogP contribution in [0.1, 0.15) is 32.1 Å². The van der Waals surface area contributed by atoms with E-state index in [1.807, 2.05) is 0 Å². The van der Waals surface area contributed by atoms with Gasteiger partial charge in [-0.3, -0.25) is 9.63 Å². The maximum absolute atomic E-state index is 12.2. The maximum Gasteiger partial charge on any atom is 0.263 e. The molecule has 0 spiro atoms. The topological polar surface area (TPSA) is 55.6 Å². The quantitative estimate of drug-likeness (QED) is 0.773. The van der Waals surface area contributed by atoms with Gasteiger partial charge in [0.2, 0.25) is 0 Å². The van der Waals surface area contributed by atoms with Gasteiger partial charge in [0, 0.05) is 7.05 Å². The van der Waals surface area contributed by atoms with Crippen LogP contribution in [0.3, 0.4) is 0 Å². The molecule has 0 aromatic rings. The van der Waals surface area contributed by atoms with Crippen molar-refractivity contribution in [2.24, 2.45) is 35.3 Å². The lowest BCUT2D eigenvalue weighted by Gasteiger charge is -2.55. The van der Waals surface area contributed by atoms with Crippen LogP contribution in [-0.2, 0) is 9.63 Å². The number of amides is 1. The van der Waals surface area contributed by atoms with Gasteiger partial charge in [0.05, 0.1) is 13.2 Å². The summed E-state index contributed by atoms with van der Waals surface area (Å²) >= 11 is 0. The van der Waals surface area contributed by atoms with Gasteiger partial charge in [-0.25, -0.2) is 5.06 Å². The van der Waals surface area contributed by atoms with Crippen molar-refractivity contribution in [3.63, 3.8) is 0 Å². The van der Waals surface area contributed by atoms with Crippen LogP contribution in [0.5, 0.6) is 0 Å². The summed E-state index contributed by atoms with van der Waals surface area (Å²) in [7, 11) is 3.17. The Labute approximate surface area is 109 Å². The van der Waals surface area contributed by atoms with Gasteiger partial charge in [-0.2, -0.15) is 0 Å². The van der Waals surface area contributed by atoms with Gasteiger partial charge in [0.25, 0.3) is 5.91 Å². The summed E-state index contributed by atoms with van der Waals surface area (Å²) in [6, 6.07) is -0.370. The summed E-state index contributed by atoms with van der Waals surface area (Å²) in [6.07, 6.45) is 6.64. The molecule has 4 rings (SSSR count). The molecule has 0 aromatic heterocycles. The third-order valence-corrected chi connectivity index (χ3v) is 5.58. The molecule has 4 nitrogen and oxygen atoms in total. The lowest BCUT2D eigenvalue weighted by molar-refractivity contribution is -0.175. The molecule has 102 valence electrons. The highest BCUT2D eigenvalue weighted by Gasteiger charge is 2.51. The molecule has 0 saturated heterocycles. The second-order valence-corrected chi connectivity index (χ2v) is 6.55. The predicted octanol–water partition coefficient (Wildman–Crippen LogP) is 1.41. The average molecular weight is 252 g/mol. The van der Waals surface area contributed by atoms with E-state index in [2.05, 4.69) is 0 Å². The molecule has 4 fully saturated rings. The zero-order valence-corrected chi connectivity index (χ0v) is 11.3. The minimum Gasteiger partial charge on any atom is -0.320 e. The Morgan fingerprint density at radius 3 is 2.11 bits per heavy atom. The lowest BCUT2D eigenvalue weighted by atomic mass is 9.50. The van der Waals surface area contributed by atoms with E-state index in [1.165, 1.54) is 44.3 Å². The Morgan fingerprint density at radius 1 is 1.17 bits per heavy atom. The van der Waals surface area contributed by atoms with Crippen LogP contribution in [0.2, 0.25) is 0 Å². The number of carbonyl (C=O) groups is 1. The summed E-state index contributed by atoms with van der Waals surface area (Å²) in [5.41, 5.74) is 6.25. The van der Waals surface area contributed by atoms with E-state index in [9.17, 15) is 4.79 Å². The third-order valence-electron chi connectivity index (χ3n) is 5.58. The fourth-order valence-corrected chi connectivity index (χ4v) is 5.02. The summed E-state index contributed by atoms with van der Waals surface area (Å²) in [4.78, 5) is 17.2. The number of rotatable bonds is 3. The van der Waals surface area contributed by atoms with Crippen molar-refractivity contribution >= 4 is 5.91 Å². The molecule has 18 heavy (non-hydrogen) atoms. The standard InChI is InChI=1S/C14H24N2O2/c1-16(18-2)14(17)13(15)12-10-4-8-3-9(6-10)7-11(12)5-8/h8-13H,3-7,15H2,1-2H3. The number of nitrogens with zero attached hydrogens (tertiary/aromatic N) is 1. The Balaban J connectivity index is 1.74. The Morgan fingerprint density at radius 2 is 1.67 bits per heavy atom. The van der Waals surface area contributed by atoms with Crippen LogP contribution in [0.25, 0.3) is 0 Å². The Hall–Kier alpha value is -0.610. The molecular weight excluding hydrogens is 228 g/mol. The molecule has 4 aliphatic rings. The molecule has 4 heteroatoms. The zero-order valence-electron chi connectivity index (χ0n) is 11.3. The van der Waals surface area contributed by atoms with E-state index in [-0.39, 0.29) is 11.9 Å². The minimum absolute atomic E-state index is 0.0602. The molecule has 4 aliphatic carbocycles. The molecule has 4 bridgehead atoms. The summed E-state index contributed by atoms with van der Waals surface area (Å²) in [5.74, 6) is 3.55. The van der Waals surface area contributed by atoms with E-state index < -0.39 is 0 Å². The first kappa shape index (κ1) is 12.4. The first-order valence-corrected chi connectivity index (χ1v) is 7.17. The van der Waals surface area contributed by atoms with Gasteiger partial charge in [0.15, 0.2) is 0 Å². The molecule has 0 aromatic carbocycles. The molecule has 0 aliphatic heterocycles. The SMILES string of the molecule is CON(C)C(=O)C(N)C1C2CC3CC(C2)CC1C3. The van der Waals surface area contributed by atoms with Crippen molar-refractivity contribution in [1.82, 2.24) is 5.06 Å². The van der Waals surface area contributed by atoms with Crippen LogP contribution < -0.4 is 5.73 Å². The fourth-order valence-electron chi connectivity index (χ4n) is 5.02. The normalized spacial score (nSPS) is 42.9. The van der Waals surface area contributed by atoms with Gasteiger partial charge in [-0.1, -0.05) is 0 Å². The Bertz CT molecular complexity index is 317. The molecular formula is C14H24N2O2. The van der Waals surface area contributed by atoms with Crippen LogP contribution in [0.15, 0.2) is 0 Å². The van der Waals surface area contributed by atoms with Crippen LogP contribution in [-0.4, -0.2) is 31.2 Å². The molecule has 1 amide bonds. The van der Waals surface area contributed by atoms with Crippen molar-refractivity contribution < 1.29 is 9.63 Å². The third kappa shape index (κ3) is 1.86. The van der Waals surface area contributed by atoms with Crippen molar-refractivity contribution in [2.75, 3.05) is 14.2 Å². The first-order valence-electron chi connectivity index (χ1n) is 7.17. The second kappa shape index (κ2) is 4.49. The number of nitrogens with two attached hydrogens (primary N) is 1. The van der Waals surface area contributed by atoms with E-state index in [0.717, 1.165) is 11.8 Å². The van der Waals surface area contributed by atoms with Crippen molar-refractivity contribution in [1.29, 1.82) is 0 Å². The number of hydrogen-bond donors (Lipinski definition) is 1. The van der Waals surface area contributed by atoms with Gasteiger partial charge < -0.3 is 5.73 Å². The zero-order chi connectivity index (χ0) is 12.9. The van der Waals surface area contributed by atoms with Gasteiger partial charge in [-0.15, -0.1) is 0 Å². The van der Waals surface area contributed by atoms with E-state index in [1.54, 1.807) is 7.05 Å². The molecule has 4 saturated carbocycles. The lowest BCUT2D eigenvalue weighted by Crippen LogP contribution is -2.56. The number of likely N-dealkylation sites (N-methyl/N-ethyl adjacent to an activating group) is 1. The highest BCUT2D eigenvalue weighted by atomic mass is 16.7. The monoisotopic (exact) mass is 252 g/mol. The maximum atomic E-state index is 12.2. The van der Waals surface area contributed by atoms with Gasteiger partial charge in [0.1, 0.15) is 0 Å². The summed E-state index contributed by atoms with van der Waals surface area (Å²) in [5, 5.41) is 1.29. The first-order chi connectivity index (χ1) is 8.60. The smallest absolute Gasteiger partial charge is 0.263 e. The largest absolute Gasteiger partial charge is 0.320 e. The van der Waals surface area contributed by atoms with E-state index >= 15 is 0 Å². The minimum atomic E-state index is -0.370. The van der Waals surface area contributed by atoms with Gasteiger partial charge >= 0.3 is 0 Å². The molecule has 0 heterocycles. The van der Waals surface area contributed by atoms with E-state index in [0.29, 0.717) is 17.8 Å². The molecule has 0 radical (unpaired) electrons. The highest BCUT2D eigenvalue weighted by Crippen LogP contribution is 2.57. The summed E-state index contributed by atoms with van der Waals surface area (Å²) < 4.78 is 0. The van der Waals surface area contributed by atoms with Crippen molar-refractivity contribution in [2.45, 2.75) is 38.1 Å². The van der Waals surface area contributed by atoms with Crippen molar-refractivity contribution in [3.8, 4) is 0 Å². The fraction of sp³-hybridized carbons (Fsp3) is 0.929. The number of hydrogen-bond acceptors (Lipinski definition) is 3. The molecule has 2 N–H and O–H groups in total.